The van der Waals surface area contributed by atoms with Crippen molar-refractivity contribution >= 4 is 47.8 Å². The highest BCUT2D eigenvalue weighted by molar-refractivity contribution is 9.11. The third-order valence-corrected chi connectivity index (χ3v) is 4.31. The number of benzene rings is 1. The van der Waals surface area contributed by atoms with Crippen LogP contribution in [0, 0.1) is 16.7 Å². The van der Waals surface area contributed by atoms with Crippen molar-refractivity contribution in [2.24, 2.45) is 5.41 Å². The molecular weight excluding hydrogens is 426 g/mol. The summed E-state index contributed by atoms with van der Waals surface area (Å²) in [5.41, 5.74) is 0.813. The highest BCUT2D eigenvalue weighted by Gasteiger charge is 2.17. The average Bonchev–Trinajstić information content (AvgIpc) is 2.32. The maximum atomic E-state index is 8.94. The number of hydrogen-bond donors (Lipinski definition) is 0. The summed E-state index contributed by atoms with van der Waals surface area (Å²) in [5.74, 6) is 0.786. The Hall–Kier alpha value is -0.0500. The molecule has 0 heterocycles. The van der Waals surface area contributed by atoms with Gasteiger partial charge in [-0.3, -0.25) is 0 Å². The van der Waals surface area contributed by atoms with Gasteiger partial charge in [0, 0.05) is 5.33 Å². The van der Waals surface area contributed by atoms with Crippen LogP contribution in [0.3, 0.4) is 0 Å². The van der Waals surface area contributed by atoms with Crippen molar-refractivity contribution in [3.05, 3.63) is 26.6 Å². The molecule has 5 heteroatoms. The first-order valence-electron chi connectivity index (χ1n) is 5.47. The van der Waals surface area contributed by atoms with Crippen LogP contribution in [0.15, 0.2) is 21.1 Å². The highest BCUT2D eigenvalue weighted by Crippen LogP contribution is 2.35. The van der Waals surface area contributed by atoms with Crippen molar-refractivity contribution in [2.75, 3.05) is 6.61 Å². The predicted octanol–water partition coefficient (Wildman–Crippen LogP) is 5.43. The standard InChI is InChI=1S/C13H14Br3NO/c1-13(2,8-17)3-4-18-12-10(15)5-9(7-14)6-11(12)16/h5-6H,3-4,7H2,1-2H3. The van der Waals surface area contributed by atoms with Gasteiger partial charge in [-0.1, -0.05) is 15.9 Å². The summed E-state index contributed by atoms with van der Waals surface area (Å²) in [5, 5.41) is 9.74. The Balaban J connectivity index is 2.72. The molecule has 0 saturated heterocycles. The number of nitriles is 1. The van der Waals surface area contributed by atoms with Gasteiger partial charge >= 0.3 is 0 Å². The first kappa shape index (κ1) is 16.0. The molecule has 0 aliphatic rings. The van der Waals surface area contributed by atoms with Crippen LogP contribution < -0.4 is 4.74 Å². The quantitative estimate of drug-likeness (QED) is 0.573. The molecule has 2 nitrogen and oxygen atoms in total. The molecule has 0 aliphatic heterocycles. The van der Waals surface area contributed by atoms with Gasteiger partial charge in [-0.05, 0) is 69.8 Å². The van der Waals surface area contributed by atoms with Crippen LogP contribution in [0.5, 0.6) is 5.75 Å². The first-order chi connectivity index (χ1) is 8.39. The molecule has 0 amide bonds. The zero-order valence-electron chi connectivity index (χ0n) is 10.3. The van der Waals surface area contributed by atoms with Gasteiger partial charge in [0.1, 0.15) is 5.75 Å². The lowest BCUT2D eigenvalue weighted by Crippen LogP contribution is -2.13. The molecule has 0 saturated carbocycles. The third kappa shape index (κ3) is 4.56. The summed E-state index contributed by atoms with van der Waals surface area (Å²) in [7, 11) is 0. The number of nitrogens with zero attached hydrogens (tertiary/aromatic N) is 1. The minimum atomic E-state index is -0.352. The van der Waals surface area contributed by atoms with Crippen LogP contribution in [-0.4, -0.2) is 6.61 Å². The molecule has 1 aromatic carbocycles. The summed E-state index contributed by atoms with van der Waals surface area (Å²) < 4.78 is 7.58. The molecule has 0 N–H and O–H groups in total. The molecule has 0 spiro atoms. The average molecular weight is 440 g/mol. The van der Waals surface area contributed by atoms with Crippen LogP contribution in [0.4, 0.5) is 0 Å². The van der Waals surface area contributed by atoms with E-state index in [0.29, 0.717) is 13.0 Å². The number of halogens is 3. The van der Waals surface area contributed by atoms with Gasteiger partial charge in [-0.15, -0.1) is 0 Å². The lowest BCUT2D eigenvalue weighted by atomic mass is 9.92. The fourth-order valence-electron chi connectivity index (χ4n) is 1.29. The first-order valence-corrected chi connectivity index (χ1v) is 8.18. The zero-order valence-corrected chi connectivity index (χ0v) is 15.0. The van der Waals surface area contributed by atoms with E-state index in [1.807, 2.05) is 26.0 Å². The van der Waals surface area contributed by atoms with Crippen molar-refractivity contribution in [3.63, 3.8) is 0 Å². The van der Waals surface area contributed by atoms with Crippen molar-refractivity contribution in [1.82, 2.24) is 0 Å². The fraction of sp³-hybridized carbons (Fsp3) is 0.462. The van der Waals surface area contributed by atoms with E-state index in [4.69, 9.17) is 10.00 Å². The van der Waals surface area contributed by atoms with Gasteiger partial charge in [0.2, 0.25) is 0 Å². The fourth-order valence-corrected chi connectivity index (χ4v) is 3.13. The van der Waals surface area contributed by atoms with Crippen molar-refractivity contribution < 1.29 is 4.74 Å². The van der Waals surface area contributed by atoms with E-state index in [1.54, 1.807) is 0 Å². The van der Waals surface area contributed by atoms with Crippen molar-refractivity contribution in [1.29, 1.82) is 5.26 Å². The van der Waals surface area contributed by atoms with Gasteiger partial charge < -0.3 is 4.74 Å². The second-order valence-electron chi connectivity index (χ2n) is 4.62. The molecule has 0 bridgehead atoms. The summed E-state index contributed by atoms with van der Waals surface area (Å²) in [6.45, 7) is 4.34. The van der Waals surface area contributed by atoms with Crippen molar-refractivity contribution in [3.8, 4) is 11.8 Å². The summed E-state index contributed by atoms with van der Waals surface area (Å²) in [6.07, 6.45) is 0.697. The van der Waals surface area contributed by atoms with Gasteiger partial charge in [-0.25, -0.2) is 0 Å². The summed E-state index contributed by atoms with van der Waals surface area (Å²) in [6, 6.07) is 6.30. The van der Waals surface area contributed by atoms with Crippen LogP contribution in [0.2, 0.25) is 0 Å². The van der Waals surface area contributed by atoms with Crippen LogP contribution >= 0.6 is 47.8 Å². The van der Waals surface area contributed by atoms with E-state index in [9.17, 15) is 0 Å². The van der Waals surface area contributed by atoms with Crippen molar-refractivity contribution in [2.45, 2.75) is 25.6 Å². The maximum Gasteiger partial charge on any atom is 0.147 e. The Bertz CT molecular complexity index is 443. The van der Waals surface area contributed by atoms with Crippen LogP contribution in [0.25, 0.3) is 0 Å². The second kappa shape index (κ2) is 6.93. The lowest BCUT2D eigenvalue weighted by molar-refractivity contribution is 0.262. The monoisotopic (exact) mass is 437 g/mol. The van der Waals surface area contributed by atoms with E-state index in [1.165, 1.54) is 5.56 Å². The zero-order chi connectivity index (χ0) is 13.8. The molecule has 0 fully saturated rings. The van der Waals surface area contributed by atoms with E-state index < -0.39 is 0 Å². The van der Waals surface area contributed by atoms with Gasteiger partial charge in [0.25, 0.3) is 0 Å². The summed E-state index contributed by atoms with van der Waals surface area (Å²) in [4.78, 5) is 0. The molecule has 18 heavy (non-hydrogen) atoms. The highest BCUT2D eigenvalue weighted by atomic mass is 79.9. The number of alkyl halides is 1. The number of rotatable bonds is 5. The Labute approximate surface area is 133 Å². The molecule has 0 radical (unpaired) electrons. The third-order valence-electron chi connectivity index (χ3n) is 2.49. The Kier molecular flexibility index (Phi) is 6.16. The largest absolute Gasteiger partial charge is 0.491 e. The van der Waals surface area contributed by atoms with E-state index >= 15 is 0 Å². The molecule has 1 aromatic rings. The molecular formula is C13H14Br3NO. The topological polar surface area (TPSA) is 33.0 Å². The van der Waals surface area contributed by atoms with Gasteiger partial charge in [-0.2, -0.15) is 5.26 Å². The van der Waals surface area contributed by atoms with E-state index in [-0.39, 0.29) is 5.41 Å². The molecule has 1 rings (SSSR count). The summed E-state index contributed by atoms with van der Waals surface area (Å²) >= 11 is 10.4. The van der Waals surface area contributed by atoms with Gasteiger partial charge in [0.05, 0.1) is 27.0 Å². The number of ether oxygens (including phenoxy) is 1. The molecule has 0 unspecified atom stereocenters. The van der Waals surface area contributed by atoms with Gasteiger partial charge in [0.15, 0.2) is 0 Å². The Morgan fingerprint density at radius 1 is 1.28 bits per heavy atom. The van der Waals surface area contributed by atoms with E-state index in [0.717, 1.165) is 20.0 Å². The Morgan fingerprint density at radius 3 is 2.28 bits per heavy atom. The predicted molar refractivity (Wildman–Crippen MR) is 84.0 cm³/mol. The molecule has 0 aromatic heterocycles. The van der Waals surface area contributed by atoms with E-state index in [2.05, 4.69) is 53.9 Å². The smallest absolute Gasteiger partial charge is 0.147 e. The van der Waals surface area contributed by atoms with Crippen LogP contribution in [-0.2, 0) is 5.33 Å². The Morgan fingerprint density at radius 2 is 1.83 bits per heavy atom. The normalized spacial score (nSPS) is 11.1. The second-order valence-corrected chi connectivity index (χ2v) is 6.89. The SMILES string of the molecule is CC(C)(C#N)CCOc1c(Br)cc(CBr)cc1Br. The lowest BCUT2D eigenvalue weighted by Gasteiger charge is -2.17. The minimum Gasteiger partial charge on any atom is -0.491 e. The minimum absolute atomic E-state index is 0.352. The molecule has 98 valence electrons. The molecule has 0 aliphatic carbocycles. The van der Waals surface area contributed by atoms with Crippen LogP contribution in [0.1, 0.15) is 25.8 Å². The maximum absolute atomic E-state index is 8.94. The molecule has 0 atom stereocenters. The number of hydrogen-bond acceptors (Lipinski definition) is 2.